The SMILES string of the molecule is CCCN1CCC(NC(=NCc2cccc(CN3CCOCC3)c2)NCC)CC1.I. The van der Waals surface area contributed by atoms with Gasteiger partial charge in [0.25, 0.3) is 0 Å². The number of guanidine groups is 1. The Labute approximate surface area is 199 Å². The second-order valence-electron chi connectivity index (χ2n) is 8.16. The van der Waals surface area contributed by atoms with Crippen LogP contribution in [-0.4, -0.2) is 74.3 Å². The van der Waals surface area contributed by atoms with Gasteiger partial charge in [-0.15, -0.1) is 24.0 Å². The summed E-state index contributed by atoms with van der Waals surface area (Å²) in [5, 5.41) is 7.08. The predicted molar refractivity (Wildman–Crippen MR) is 136 cm³/mol. The van der Waals surface area contributed by atoms with Crippen molar-refractivity contribution >= 4 is 29.9 Å². The number of rotatable bonds is 8. The third-order valence-electron chi connectivity index (χ3n) is 5.73. The highest BCUT2D eigenvalue weighted by molar-refractivity contribution is 14.0. The summed E-state index contributed by atoms with van der Waals surface area (Å²) in [4.78, 5) is 9.90. The Kier molecular flexibility index (Phi) is 12.0. The molecule has 0 spiro atoms. The number of halogens is 1. The minimum atomic E-state index is 0. The van der Waals surface area contributed by atoms with Crippen LogP contribution < -0.4 is 10.6 Å². The number of ether oxygens (including phenoxy) is 1. The molecular formula is C23H40IN5O. The molecule has 0 aliphatic carbocycles. The highest BCUT2D eigenvalue weighted by Crippen LogP contribution is 2.12. The van der Waals surface area contributed by atoms with E-state index in [1.165, 1.54) is 50.0 Å². The van der Waals surface area contributed by atoms with Crippen molar-refractivity contribution in [2.24, 2.45) is 4.99 Å². The Balaban J connectivity index is 0.00000320. The molecule has 2 aliphatic rings. The number of hydrogen-bond donors (Lipinski definition) is 2. The average Bonchev–Trinajstić information content (AvgIpc) is 2.75. The Morgan fingerprint density at radius 1 is 1.07 bits per heavy atom. The van der Waals surface area contributed by atoms with Crippen LogP contribution in [0.1, 0.15) is 44.2 Å². The van der Waals surface area contributed by atoms with Gasteiger partial charge in [-0.25, -0.2) is 4.99 Å². The standard InChI is InChI=1S/C23H39N5O.HI/c1-3-10-27-11-8-22(9-12-27)26-23(24-4-2)25-18-20-6-5-7-21(17-20)19-28-13-15-29-16-14-28;/h5-7,17,22H,3-4,8-16,18-19H2,1-2H3,(H2,24,25,26);1H. The van der Waals surface area contributed by atoms with Crippen LogP contribution in [-0.2, 0) is 17.8 Å². The highest BCUT2D eigenvalue weighted by Gasteiger charge is 2.19. The van der Waals surface area contributed by atoms with Crippen molar-refractivity contribution in [2.45, 2.75) is 52.2 Å². The number of aliphatic imine (C=N–C) groups is 1. The first kappa shape index (κ1) is 25.4. The van der Waals surface area contributed by atoms with Crippen LogP contribution in [0.4, 0.5) is 0 Å². The number of morpholine rings is 1. The van der Waals surface area contributed by atoms with Crippen molar-refractivity contribution in [2.75, 3.05) is 52.5 Å². The maximum Gasteiger partial charge on any atom is 0.191 e. The summed E-state index contributed by atoms with van der Waals surface area (Å²) in [5.74, 6) is 0.944. The molecule has 170 valence electrons. The summed E-state index contributed by atoms with van der Waals surface area (Å²) >= 11 is 0. The first-order chi connectivity index (χ1) is 14.3. The number of hydrogen-bond acceptors (Lipinski definition) is 4. The second-order valence-corrected chi connectivity index (χ2v) is 8.16. The molecule has 0 bridgehead atoms. The fourth-order valence-electron chi connectivity index (χ4n) is 4.14. The Hall–Kier alpha value is -0.900. The topological polar surface area (TPSA) is 52.1 Å². The highest BCUT2D eigenvalue weighted by atomic mass is 127. The van der Waals surface area contributed by atoms with E-state index in [9.17, 15) is 0 Å². The molecule has 0 radical (unpaired) electrons. The van der Waals surface area contributed by atoms with Gasteiger partial charge < -0.3 is 20.3 Å². The first-order valence-corrected chi connectivity index (χ1v) is 11.4. The van der Waals surface area contributed by atoms with E-state index in [1.54, 1.807) is 0 Å². The van der Waals surface area contributed by atoms with Crippen molar-refractivity contribution in [3.8, 4) is 0 Å². The summed E-state index contributed by atoms with van der Waals surface area (Å²) in [6.45, 7) is 14.3. The van der Waals surface area contributed by atoms with Crippen molar-refractivity contribution in [1.29, 1.82) is 0 Å². The molecule has 0 saturated carbocycles. The number of nitrogens with zero attached hydrogens (tertiary/aromatic N) is 3. The molecule has 0 amide bonds. The van der Waals surface area contributed by atoms with Crippen LogP contribution in [0.2, 0.25) is 0 Å². The van der Waals surface area contributed by atoms with Crippen LogP contribution in [0.25, 0.3) is 0 Å². The van der Waals surface area contributed by atoms with Crippen molar-refractivity contribution < 1.29 is 4.74 Å². The van der Waals surface area contributed by atoms with Crippen LogP contribution in [0, 0.1) is 0 Å². The summed E-state index contributed by atoms with van der Waals surface area (Å²) in [5.41, 5.74) is 2.63. The van der Waals surface area contributed by atoms with Crippen molar-refractivity contribution in [1.82, 2.24) is 20.4 Å². The quantitative estimate of drug-likeness (QED) is 0.308. The molecule has 1 aromatic rings. The van der Waals surface area contributed by atoms with E-state index in [0.29, 0.717) is 12.6 Å². The first-order valence-electron chi connectivity index (χ1n) is 11.4. The van der Waals surface area contributed by atoms with Crippen LogP contribution >= 0.6 is 24.0 Å². The van der Waals surface area contributed by atoms with Gasteiger partial charge in [0.2, 0.25) is 0 Å². The molecule has 1 aromatic carbocycles. The van der Waals surface area contributed by atoms with Gasteiger partial charge in [0.1, 0.15) is 0 Å². The molecule has 0 atom stereocenters. The normalized spacial score (nSPS) is 19.3. The van der Waals surface area contributed by atoms with E-state index in [0.717, 1.165) is 45.4 Å². The Bertz CT molecular complexity index is 628. The molecule has 30 heavy (non-hydrogen) atoms. The van der Waals surface area contributed by atoms with E-state index < -0.39 is 0 Å². The van der Waals surface area contributed by atoms with Crippen molar-refractivity contribution in [3.05, 3.63) is 35.4 Å². The van der Waals surface area contributed by atoms with E-state index in [-0.39, 0.29) is 24.0 Å². The lowest BCUT2D eigenvalue weighted by atomic mass is 10.1. The molecule has 0 unspecified atom stereocenters. The van der Waals surface area contributed by atoms with Crippen LogP contribution in [0.3, 0.4) is 0 Å². The van der Waals surface area contributed by atoms with Gasteiger partial charge in [0, 0.05) is 45.3 Å². The average molecular weight is 530 g/mol. The number of nitrogens with one attached hydrogen (secondary N) is 2. The summed E-state index contributed by atoms with van der Waals surface area (Å²) < 4.78 is 5.45. The van der Waals surface area contributed by atoms with E-state index in [1.807, 2.05) is 0 Å². The predicted octanol–water partition coefficient (Wildman–Crippen LogP) is 3.07. The number of piperidine rings is 1. The lowest BCUT2D eigenvalue weighted by Gasteiger charge is -2.32. The minimum Gasteiger partial charge on any atom is -0.379 e. The summed E-state index contributed by atoms with van der Waals surface area (Å²) in [7, 11) is 0. The second kappa shape index (κ2) is 14.2. The van der Waals surface area contributed by atoms with E-state index in [2.05, 4.69) is 58.5 Å². The van der Waals surface area contributed by atoms with E-state index >= 15 is 0 Å². The molecular weight excluding hydrogens is 489 g/mol. The lowest BCUT2D eigenvalue weighted by molar-refractivity contribution is 0.0342. The van der Waals surface area contributed by atoms with Crippen LogP contribution in [0.5, 0.6) is 0 Å². The number of likely N-dealkylation sites (tertiary alicyclic amines) is 1. The number of benzene rings is 1. The zero-order chi connectivity index (χ0) is 20.3. The summed E-state index contributed by atoms with van der Waals surface area (Å²) in [6.07, 6.45) is 3.63. The van der Waals surface area contributed by atoms with Gasteiger partial charge in [-0.1, -0.05) is 31.2 Å². The summed E-state index contributed by atoms with van der Waals surface area (Å²) in [6, 6.07) is 9.37. The molecule has 3 rings (SSSR count). The molecule has 2 aliphatic heterocycles. The van der Waals surface area contributed by atoms with Gasteiger partial charge in [-0.3, -0.25) is 4.90 Å². The molecule has 2 fully saturated rings. The fourth-order valence-corrected chi connectivity index (χ4v) is 4.14. The smallest absolute Gasteiger partial charge is 0.191 e. The Morgan fingerprint density at radius 3 is 2.50 bits per heavy atom. The molecule has 2 heterocycles. The zero-order valence-corrected chi connectivity index (χ0v) is 21.1. The van der Waals surface area contributed by atoms with E-state index in [4.69, 9.17) is 9.73 Å². The molecule has 6 nitrogen and oxygen atoms in total. The zero-order valence-electron chi connectivity index (χ0n) is 18.7. The third-order valence-corrected chi connectivity index (χ3v) is 5.73. The maximum atomic E-state index is 5.45. The van der Waals surface area contributed by atoms with Gasteiger partial charge in [-0.2, -0.15) is 0 Å². The monoisotopic (exact) mass is 529 g/mol. The van der Waals surface area contributed by atoms with Gasteiger partial charge in [0.05, 0.1) is 19.8 Å². The Morgan fingerprint density at radius 2 is 1.80 bits per heavy atom. The van der Waals surface area contributed by atoms with Gasteiger partial charge in [0.15, 0.2) is 5.96 Å². The van der Waals surface area contributed by atoms with Crippen molar-refractivity contribution in [3.63, 3.8) is 0 Å². The maximum absolute atomic E-state index is 5.45. The largest absolute Gasteiger partial charge is 0.379 e. The van der Waals surface area contributed by atoms with Gasteiger partial charge >= 0.3 is 0 Å². The minimum absolute atomic E-state index is 0. The van der Waals surface area contributed by atoms with Gasteiger partial charge in [-0.05, 0) is 43.9 Å². The third kappa shape index (κ3) is 8.69. The molecule has 2 saturated heterocycles. The molecule has 2 N–H and O–H groups in total. The lowest BCUT2D eigenvalue weighted by Crippen LogP contribution is -2.48. The molecule has 7 heteroatoms. The fraction of sp³-hybridized carbons (Fsp3) is 0.696. The van der Waals surface area contributed by atoms with Crippen LogP contribution in [0.15, 0.2) is 29.3 Å². The molecule has 0 aromatic heterocycles.